The fourth-order valence-corrected chi connectivity index (χ4v) is 3.64. The summed E-state index contributed by atoms with van der Waals surface area (Å²) in [6.45, 7) is 5.75. The molecule has 0 aromatic heterocycles. The van der Waals surface area contributed by atoms with Crippen molar-refractivity contribution in [3.8, 4) is 11.5 Å². The van der Waals surface area contributed by atoms with E-state index in [1.807, 2.05) is 29.2 Å². The molecule has 2 aliphatic heterocycles. The molecule has 0 aliphatic carbocycles. The van der Waals surface area contributed by atoms with Gasteiger partial charge in [-0.2, -0.15) is 0 Å². The maximum Gasteiger partial charge on any atom is 0.236 e. The van der Waals surface area contributed by atoms with E-state index in [9.17, 15) is 4.79 Å². The molecule has 1 N–H and O–H groups in total. The predicted octanol–water partition coefficient (Wildman–Crippen LogP) is 1.89. The van der Waals surface area contributed by atoms with E-state index in [0.29, 0.717) is 13.3 Å². The van der Waals surface area contributed by atoms with Crippen LogP contribution in [-0.2, 0) is 17.8 Å². The minimum Gasteiger partial charge on any atom is -0.454 e. The van der Waals surface area contributed by atoms with Crippen LogP contribution in [0.25, 0.3) is 0 Å². The Hall–Kier alpha value is -2.57. The molecule has 2 aliphatic rings. The first kappa shape index (κ1) is 18.8. The van der Waals surface area contributed by atoms with Gasteiger partial charge in [-0.05, 0) is 36.2 Å². The summed E-state index contributed by atoms with van der Waals surface area (Å²) in [5.41, 5.74) is 2.51. The van der Waals surface area contributed by atoms with Crippen LogP contribution in [0.1, 0.15) is 11.1 Å². The molecule has 1 amide bonds. The van der Waals surface area contributed by atoms with Crippen molar-refractivity contribution >= 4 is 5.91 Å². The Balaban J connectivity index is 1.16. The van der Waals surface area contributed by atoms with E-state index in [-0.39, 0.29) is 5.91 Å². The Bertz CT molecular complexity index is 789. The highest BCUT2D eigenvalue weighted by Crippen LogP contribution is 2.32. The maximum absolute atomic E-state index is 12.4. The molecule has 1 fully saturated rings. The van der Waals surface area contributed by atoms with Gasteiger partial charge in [0.2, 0.25) is 12.7 Å². The second-order valence-corrected chi connectivity index (χ2v) is 7.26. The van der Waals surface area contributed by atoms with E-state index in [1.54, 1.807) is 0 Å². The van der Waals surface area contributed by atoms with Gasteiger partial charge in [-0.3, -0.25) is 9.69 Å². The predicted molar refractivity (Wildman–Crippen MR) is 107 cm³/mol. The molecule has 1 saturated heterocycles. The maximum atomic E-state index is 12.4. The number of carbonyl (C=O) groups excluding carboxylic acids is 1. The van der Waals surface area contributed by atoms with Gasteiger partial charge < -0.3 is 19.7 Å². The van der Waals surface area contributed by atoms with Gasteiger partial charge in [0, 0.05) is 32.7 Å². The molecule has 0 atom stereocenters. The number of amides is 1. The number of hydrogen-bond acceptors (Lipinski definition) is 5. The quantitative estimate of drug-likeness (QED) is 0.743. The zero-order valence-corrected chi connectivity index (χ0v) is 16.1. The van der Waals surface area contributed by atoms with Gasteiger partial charge in [0.05, 0.1) is 6.54 Å². The normalized spacial score (nSPS) is 16.4. The summed E-state index contributed by atoms with van der Waals surface area (Å²) in [5, 5.41) is 3.28. The first-order valence-electron chi connectivity index (χ1n) is 9.91. The van der Waals surface area contributed by atoms with Crippen molar-refractivity contribution < 1.29 is 14.3 Å². The summed E-state index contributed by atoms with van der Waals surface area (Å²) >= 11 is 0. The number of piperazine rings is 1. The van der Waals surface area contributed by atoms with Crippen LogP contribution in [0.4, 0.5) is 0 Å². The molecule has 2 aromatic rings. The number of nitrogens with one attached hydrogen (secondary N) is 1. The third-order valence-electron chi connectivity index (χ3n) is 5.28. The first-order chi connectivity index (χ1) is 13.8. The van der Waals surface area contributed by atoms with E-state index in [1.165, 1.54) is 11.1 Å². The average Bonchev–Trinajstić information content (AvgIpc) is 3.20. The molecule has 0 spiro atoms. The third-order valence-corrected chi connectivity index (χ3v) is 5.28. The van der Waals surface area contributed by atoms with Gasteiger partial charge in [0.15, 0.2) is 11.5 Å². The van der Waals surface area contributed by atoms with Gasteiger partial charge in [0.1, 0.15) is 0 Å². The fraction of sp³-hybridized carbons (Fsp3) is 0.409. The zero-order valence-electron chi connectivity index (χ0n) is 16.1. The standard InChI is InChI=1S/C22H27N3O3/c26-22(15-23-9-8-18-4-2-1-3-5-18)25-12-10-24(11-13-25)16-19-6-7-20-21(14-19)28-17-27-20/h1-7,14,23H,8-13,15-17H2. The van der Waals surface area contributed by atoms with Crippen LogP contribution in [0.15, 0.2) is 48.5 Å². The van der Waals surface area contributed by atoms with Crippen LogP contribution >= 0.6 is 0 Å². The molecule has 6 nitrogen and oxygen atoms in total. The smallest absolute Gasteiger partial charge is 0.236 e. The lowest BCUT2D eigenvalue weighted by Gasteiger charge is -2.34. The summed E-state index contributed by atoms with van der Waals surface area (Å²) in [6.07, 6.45) is 0.942. The number of hydrogen-bond donors (Lipinski definition) is 1. The van der Waals surface area contributed by atoms with Gasteiger partial charge in [-0.25, -0.2) is 0 Å². The average molecular weight is 381 g/mol. The number of carbonyl (C=O) groups is 1. The SMILES string of the molecule is O=C(CNCCc1ccccc1)N1CCN(Cc2ccc3c(c2)OCO3)CC1. The monoisotopic (exact) mass is 381 g/mol. The van der Waals surface area contributed by atoms with Crippen molar-refractivity contribution in [2.75, 3.05) is 46.1 Å². The molecule has 2 aromatic carbocycles. The fourth-order valence-electron chi connectivity index (χ4n) is 3.64. The summed E-state index contributed by atoms with van der Waals surface area (Å²) in [7, 11) is 0. The van der Waals surface area contributed by atoms with Crippen molar-refractivity contribution in [3.05, 3.63) is 59.7 Å². The summed E-state index contributed by atoms with van der Waals surface area (Å²) in [6, 6.07) is 16.4. The highest BCUT2D eigenvalue weighted by molar-refractivity contribution is 5.78. The molecule has 6 heteroatoms. The van der Waals surface area contributed by atoms with Gasteiger partial charge in [0.25, 0.3) is 0 Å². The topological polar surface area (TPSA) is 54.0 Å². The van der Waals surface area contributed by atoms with E-state index < -0.39 is 0 Å². The van der Waals surface area contributed by atoms with Crippen LogP contribution in [0, 0.1) is 0 Å². The number of rotatable bonds is 7. The third kappa shape index (κ3) is 4.82. The second-order valence-electron chi connectivity index (χ2n) is 7.26. The lowest BCUT2D eigenvalue weighted by Crippen LogP contribution is -2.50. The molecule has 28 heavy (non-hydrogen) atoms. The summed E-state index contributed by atoms with van der Waals surface area (Å²) in [5.74, 6) is 1.84. The molecule has 0 bridgehead atoms. The highest BCUT2D eigenvalue weighted by atomic mass is 16.7. The Kier molecular flexibility index (Phi) is 6.09. The molecule has 0 unspecified atom stereocenters. The Morgan fingerprint density at radius 1 is 0.929 bits per heavy atom. The Labute approximate surface area is 166 Å². The van der Waals surface area contributed by atoms with Crippen molar-refractivity contribution in [1.82, 2.24) is 15.1 Å². The highest BCUT2D eigenvalue weighted by Gasteiger charge is 2.21. The van der Waals surface area contributed by atoms with Crippen molar-refractivity contribution in [1.29, 1.82) is 0 Å². The van der Waals surface area contributed by atoms with Crippen molar-refractivity contribution in [2.24, 2.45) is 0 Å². The molecule has 148 valence electrons. The number of ether oxygens (including phenoxy) is 2. The van der Waals surface area contributed by atoms with Crippen molar-refractivity contribution in [2.45, 2.75) is 13.0 Å². The summed E-state index contributed by atoms with van der Waals surface area (Å²) in [4.78, 5) is 16.8. The van der Waals surface area contributed by atoms with E-state index >= 15 is 0 Å². The summed E-state index contributed by atoms with van der Waals surface area (Å²) < 4.78 is 10.8. The molecule has 2 heterocycles. The first-order valence-corrected chi connectivity index (χ1v) is 9.91. The zero-order chi connectivity index (χ0) is 19.2. The molecule has 4 rings (SSSR count). The largest absolute Gasteiger partial charge is 0.454 e. The number of benzene rings is 2. The van der Waals surface area contributed by atoms with Crippen LogP contribution in [0.5, 0.6) is 11.5 Å². The Morgan fingerprint density at radius 3 is 2.54 bits per heavy atom. The molecule has 0 radical (unpaired) electrons. The number of nitrogens with zero attached hydrogens (tertiary/aromatic N) is 2. The molecular formula is C22H27N3O3. The minimum atomic E-state index is 0.191. The minimum absolute atomic E-state index is 0.191. The van der Waals surface area contributed by atoms with E-state index in [2.05, 4.69) is 34.5 Å². The van der Waals surface area contributed by atoms with E-state index in [0.717, 1.165) is 57.2 Å². The van der Waals surface area contributed by atoms with Crippen LogP contribution in [-0.4, -0.2) is 61.8 Å². The van der Waals surface area contributed by atoms with E-state index in [4.69, 9.17) is 9.47 Å². The number of fused-ring (bicyclic) bond motifs is 1. The van der Waals surface area contributed by atoms with Gasteiger partial charge in [-0.1, -0.05) is 36.4 Å². The molecule has 0 saturated carbocycles. The van der Waals surface area contributed by atoms with Crippen LogP contribution < -0.4 is 14.8 Å². The van der Waals surface area contributed by atoms with Crippen LogP contribution in [0.3, 0.4) is 0 Å². The van der Waals surface area contributed by atoms with Crippen molar-refractivity contribution in [3.63, 3.8) is 0 Å². The van der Waals surface area contributed by atoms with Gasteiger partial charge >= 0.3 is 0 Å². The Morgan fingerprint density at radius 2 is 1.71 bits per heavy atom. The second kappa shape index (κ2) is 9.08. The lowest BCUT2D eigenvalue weighted by molar-refractivity contribution is -0.132. The molecular weight excluding hydrogens is 354 g/mol. The van der Waals surface area contributed by atoms with Gasteiger partial charge in [-0.15, -0.1) is 0 Å². The van der Waals surface area contributed by atoms with Crippen LogP contribution in [0.2, 0.25) is 0 Å². The lowest BCUT2D eigenvalue weighted by atomic mass is 10.1.